The third-order valence-electron chi connectivity index (χ3n) is 7.06. The number of fused-ring (bicyclic) bond motifs is 2. The number of para-hydroxylation sites is 2. The number of pyridine rings is 1. The maximum absolute atomic E-state index is 12.7. The van der Waals surface area contributed by atoms with Gasteiger partial charge in [0.05, 0.1) is 31.3 Å². The fourth-order valence-corrected chi connectivity index (χ4v) is 5.03. The van der Waals surface area contributed by atoms with Crippen molar-refractivity contribution >= 4 is 34.1 Å². The number of H-pyrrole nitrogens is 1. The van der Waals surface area contributed by atoms with Crippen LogP contribution in [0.15, 0.2) is 78.0 Å². The van der Waals surface area contributed by atoms with Crippen molar-refractivity contribution in [3.05, 3.63) is 89.9 Å². The average molecular weight is 541 g/mol. The first-order chi connectivity index (χ1) is 19.3. The van der Waals surface area contributed by atoms with Crippen LogP contribution >= 0.6 is 0 Å². The second-order valence-corrected chi connectivity index (χ2v) is 10.4. The second kappa shape index (κ2) is 11.8. The van der Waals surface area contributed by atoms with E-state index < -0.39 is 6.10 Å². The summed E-state index contributed by atoms with van der Waals surface area (Å²) in [5, 5.41) is 24.9. The first-order valence-electron chi connectivity index (χ1n) is 13.5. The summed E-state index contributed by atoms with van der Waals surface area (Å²) in [6, 6.07) is 21.2. The Morgan fingerprint density at radius 2 is 1.85 bits per heavy atom. The Kier molecular flexibility index (Phi) is 7.99. The van der Waals surface area contributed by atoms with Gasteiger partial charge in [-0.1, -0.05) is 41.5 Å². The van der Waals surface area contributed by atoms with Gasteiger partial charge in [-0.15, -0.1) is 0 Å². The summed E-state index contributed by atoms with van der Waals surface area (Å²) in [6.07, 6.45) is 3.66. The topological polar surface area (TPSA) is 124 Å². The molecule has 10 nitrogen and oxygen atoms in total. The molecule has 0 aliphatic carbocycles. The lowest BCUT2D eigenvalue weighted by atomic mass is 10.0. The highest BCUT2D eigenvalue weighted by Gasteiger charge is 2.39. The fraction of sp³-hybridized carbons (Fsp3) is 0.300. The number of carbonyl (C=O) groups excluding carboxylic acids is 2. The largest absolute Gasteiger partial charge is 0.391 e. The summed E-state index contributed by atoms with van der Waals surface area (Å²) < 4.78 is 0.341. The van der Waals surface area contributed by atoms with E-state index in [0.29, 0.717) is 42.1 Å². The van der Waals surface area contributed by atoms with Crippen LogP contribution in [-0.2, 0) is 11.2 Å². The highest BCUT2D eigenvalue weighted by molar-refractivity contribution is 6.47. The van der Waals surface area contributed by atoms with Gasteiger partial charge in [0.15, 0.2) is 17.1 Å². The molecule has 0 radical (unpaired) electrons. The fourth-order valence-electron chi connectivity index (χ4n) is 5.03. The molecule has 0 bridgehead atoms. The van der Waals surface area contributed by atoms with Crippen LogP contribution < -0.4 is 9.91 Å². The predicted octanol–water partition coefficient (Wildman–Crippen LogP) is 2.88. The highest BCUT2D eigenvalue weighted by Crippen LogP contribution is 2.32. The molecule has 1 saturated heterocycles. The molecule has 3 N–H and O–H groups in total. The maximum Gasteiger partial charge on any atom is 0.278 e. The number of rotatable bonds is 5. The maximum atomic E-state index is 12.7. The number of aliphatic hydroxyl groups is 1. The number of aromatic nitrogens is 3. The van der Waals surface area contributed by atoms with Gasteiger partial charge < -0.3 is 15.3 Å². The summed E-state index contributed by atoms with van der Waals surface area (Å²) in [7, 11) is 3.92. The Balaban J connectivity index is 0.000000161. The number of piperidine rings is 1. The number of hydrogen-bond donors (Lipinski definition) is 3. The molecule has 6 rings (SSSR count). The molecule has 40 heavy (non-hydrogen) atoms. The minimum atomic E-state index is -0.410. The van der Waals surface area contributed by atoms with Crippen molar-refractivity contribution in [3.8, 4) is 0 Å². The number of nitrogens with one attached hydrogen (secondary N) is 2. The Morgan fingerprint density at radius 1 is 1.07 bits per heavy atom. The second-order valence-electron chi connectivity index (χ2n) is 10.4. The van der Waals surface area contributed by atoms with Crippen LogP contribution in [0.2, 0.25) is 0 Å². The van der Waals surface area contributed by atoms with Gasteiger partial charge in [-0.3, -0.25) is 19.7 Å². The van der Waals surface area contributed by atoms with Crippen molar-refractivity contribution < 1.29 is 14.7 Å². The van der Waals surface area contributed by atoms with E-state index in [1.54, 1.807) is 11.1 Å². The zero-order chi connectivity index (χ0) is 28.1. The molecule has 1 atom stereocenters. The van der Waals surface area contributed by atoms with Crippen LogP contribution in [-0.4, -0.2) is 82.5 Å². The van der Waals surface area contributed by atoms with E-state index in [0.717, 1.165) is 40.7 Å². The molecule has 2 aliphatic heterocycles. The Hall–Kier alpha value is -4.41. The Morgan fingerprint density at radius 3 is 2.65 bits per heavy atom. The molecule has 2 aliphatic rings. The molecule has 1 fully saturated rings. The third kappa shape index (κ3) is 5.93. The van der Waals surface area contributed by atoms with Crippen molar-refractivity contribution in [2.75, 3.05) is 33.7 Å². The average Bonchev–Trinajstić information content (AvgIpc) is 3.52. The van der Waals surface area contributed by atoms with Gasteiger partial charge in [-0.05, 0) is 37.1 Å². The van der Waals surface area contributed by atoms with Crippen LogP contribution in [0.4, 0.5) is 5.69 Å². The number of carbonyl (C=O) groups is 2. The minimum Gasteiger partial charge on any atom is -0.391 e. The van der Waals surface area contributed by atoms with Gasteiger partial charge in [0.1, 0.15) is 0 Å². The van der Waals surface area contributed by atoms with Crippen LogP contribution in [0.3, 0.4) is 0 Å². The molecule has 2 aromatic heterocycles. The lowest BCUT2D eigenvalue weighted by molar-refractivity contribution is -0.126. The molecular weight excluding hydrogens is 506 g/mol. The first-order valence-corrected chi connectivity index (χ1v) is 13.5. The zero-order valence-electron chi connectivity index (χ0n) is 22.7. The number of hydrogen-bond acceptors (Lipinski definition) is 6. The monoisotopic (exact) mass is 540 g/mol. The smallest absolute Gasteiger partial charge is 0.278 e. The lowest BCUT2D eigenvalue weighted by Gasteiger charge is -2.29. The molecule has 2 amide bonds. The molecule has 206 valence electrons. The number of β-amino-alcohol motifs (C(OH)–C–C–N with tert-alkyl or cyclic N) is 1. The molecule has 10 heteroatoms. The minimum absolute atomic E-state index is 0.0695. The summed E-state index contributed by atoms with van der Waals surface area (Å²) in [6.45, 7) is 1.65. The van der Waals surface area contributed by atoms with Crippen LogP contribution in [0, 0.1) is 0 Å². The van der Waals surface area contributed by atoms with Crippen LogP contribution in [0.5, 0.6) is 0 Å². The zero-order valence-corrected chi connectivity index (χ0v) is 22.7. The van der Waals surface area contributed by atoms with Gasteiger partial charge in [0.25, 0.3) is 11.8 Å². The van der Waals surface area contributed by atoms with E-state index >= 15 is 0 Å². The molecule has 0 saturated carbocycles. The van der Waals surface area contributed by atoms with Crippen molar-refractivity contribution in [1.29, 1.82) is 0 Å². The Bertz CT molecular complexity index is 1530. The molecule has 4 heterocycles. The number of aliphatic hydroxyl groups excluding tert-OH is 1. The predicted molar refractivity (Wildman–Crippen MR) is 155 cm³/mol. The normalized spacial score (nSPS) is 17.4. The summed E-state index contributed by atoms with van der Waals surface area (Å²) in [5.74, 6) is -0.238. The molecular formula is C30H34N7O3+. The highest BCUT2D eigenvalue weighted by atomic mass is 16.3. The Labute approximate surface area is 232 Å². The summed E-state index contributed by atoms with van der Waals surface area (Å²) in [5.41, 5.74) is 4.71. The number of quaternary nitrogens is 1. The number of amides is 2. The molecule has 0 spiro atoms. The molecule has 4 aromatic rings. The van der Waals surface area contributed by atoms with Crippen molar-refractivity contribution in [2.45, 2.75) is 25.4 Å². The van der Waals surface area contributed by atoms with Crippen molar-refractivity contribution in [1.82, 2.24) is 30.0 Å². The number of benzene rings is 2. The van der Waals surface area contributed by atoms with E-state index in [1.807, 2.05) is 80.8 Å². The van der Waals surface area contributed by atoms with Gasteiger partial charge in [-0.2, -0.15) is 9.69 Å². The van der Waals surface area contributed by atoms with Gasteiger partial charge in [-0.25, -0.2) is 0 Å². The number of nitrogens with zero attached hydrogens (tertiary/aromatic N) is 5. The van der Waals surface area contributed by atoms with E-state index in [9.17, 15) is 14.7 Å². The summed E-state index contributed by atoms with van der Waals surface area (Å²) >= 11 is 0. The quantitative estimate of drug-likeness (QED) is 0.336. The van der Waals surface area contributed by atoms with Gasteiger partial charge >= 0.3 is 0 Å². The van der Waals surface area contributed by atoms with Crippen LogP contribution in [0.25, 0.3) is 10.9 Å². The van der Waals surface area contributed by atoms with Crippen LogP contribution in [0.1, 0.15) is 34.6 Å². The first kappa shape index (κ1) is 27.2. The van der Waals surface area contributed by atoms with E-state index in [-0.39, 0.29) is 11.8 Å². The number of likely N-dealkylation sites (tertiary alicyclic amines) is 1. The van der Waals surface area contributed by atoms with Crippen molar-refractivity contribution in [2.24, 2.45) is 5.10 Å². The number of aromatic amines is 1. The van der Waals surface area contributed by atoms with Gasteiger partial charge in [0, 0.05) is 49.4 Å². The standard InChI is InChI=1S/C15H14N4O.C15H20N3O2/c20-15(17-10-8-11-5-3-4-9-16-11)14-12-6-1-2-7-13(12)18-19-14;1-18(2)13-8-4-3-7-12(13)14(16-18)15(20)17-9-5-6-11(19)10-17/h1-7,9H,8,10H2,(H,17,20)(H,18,19);3-4,7-8,11,19H,5-6,9-10H2,1-2H3/q;+1. The third-order valence-corrected chi connectivity index (χ3v) is 7.06. The SMILES string of the molecule is C[N+]1(C)N=C(C(=O)N2CCCC(O)C2)c2ccccc21.O=C(NCCc1ccccn1)c1n[nH]c2ccccc12. The van der Waals surface area contributed by atoms with Crippen molar-refractivity contribution in [3.63, 3.8) is 0 Å². The van der Waals surface area contributed by atoms with Gasteiger partial charge in [0.2, 0.25) is 0 Å². The van der Waals surface area contributed by atoms with E-state index in [4.69, 9.17) is 0 Å². The summed E-state index contributed by atoms with van der Waals surface area (Å²) in [4.78, 5) is 30.7. The molecule has 2 aromatic carbocycles. The van der Waals surface area contributed by atoms with E-state index in [1.165, 1.54) is 0 Å². The van der Waals surface area contributed by atoms with E-state index in [2.05, 4.69) is 25.6 Å². The molecule has 1 unspecified atom stereocenters. The lowest BCUT2D eigenvalue weighted by Crippen LogP contribution is -2.45.